The molecule has 0 radical (unpaired) electrons. The largest absolute Gasteiger partial charge is 0.338 e. The second-order valence-corrected chi connectivity index (χ2v) is 7.22. The second kappa shape index (κ2) is 7.29. The first-order valence-corrected chi connectivity index (χ1v) is 9.35. The summed E-state index contributed by atoms with van der Waals surface area (Å²) in [5, 5.41) is 6.05. The Labute approximate surface area is 150 Å². The minimum Gasteiger partial charge on any atom is -0.338 e. The van der Waals surface area contributed by atoms with Crippen molar-refractivity contribution in [3.63, 3.8) is 0 Å². The van der Waals surface area contributed by atoms with Crippen molar-refractivity contribution in [1.82, 2.24) is 15.0 Å². The van der Waals surface area contributed by atoms with Gasteiger partial charge in [-0.2, -0.15) is 4.98 Å². The van der Waals surface area contributed by atoms with Gasteiger partial charge in [0.05, 0.1) is 11.4 Å². The van der Waals surface area contributed by atoms with Gasteiger partial charge in [0.1, 0.15) is 0 Å². The van der Waals surface area contributed by atoms with Gasteiger partial charge in [0.15, 0.2) is 5.78 Å². The Morgan fingerprint density at radius 1 is 1.16 bits per heavy atom. The van der Waals surface area contributed by atoms with Crippen molar-refractivity contribution in [2.75, 3.05) is 13.1 Å². The molecule has 0 bridgehead atoms. The molecule has 1 aromatic carbocycles. The van der Waals surface area contributed by atoms with Crippen LogP contribution >= 0.6 is 11.3 Å². The topological polar surface area (TPSA) is 59.2 Å². The summed E-state index contributed by atoms with van der Waals surface area (Å²) in [5.74, 6) is 1.66. The fourth-order valence-electron chi connectivity index (χ4n) is 3.21. The van der Waals surface area contributed by atoms with E-state index in [2.05, 4.69) is 15.0 Å². The molecule has 0 unspecified atom stereocenters. The summed E-state index contributed by atoms with van der Waals surface area (Å²) in [6, 6.07) is 13.5. The zero-order valence-corrected chi connectivity index (χ0v) is 14.6. The number of benzene rings is 1. The molecule has 0 spiro atoms. The minimum atomic E-state index is 0.114. The summed E-state index contributed by atoms with van der Waals surface area (Å²) >= 11 is 1.60. The lowest BCUT2D eigenvalue weighted by Gasteiger charge is -2.30. The zero-order chi connectivity index (χ0) is 17.1. The molecule has 0 aliphatic carbocycles. The number of piperidine rings is 1. The molecule has 1 aliphatic heterocycles. The summed E-state index contributed by atoms with van der Waals surface area (Å²) in [6.45, 7) is 2.39. The maximum atomic E-state index is 12.5. The number of carbonyl (C=O) groups is 1. The van der Waals surface area contributed by atoms with Crippen LogP contribution in [0.4, 0.5) is 0 Å². The van der Waals surface area contributed by atoms with Gasteiger partial charge in [0.25, 0.3) is 0 Å². The SMILES string of the molecule is O=C(c1ccccc1)C1CCN(Cc2nc(-c3cccs3)no2)CC1. The molecule has 25 heavy (non-hydrogen) atoms. The highest BCUT2D eigenvalue weighted by Gasteiger charge is 2.26. The van der Waals surface area contributed by atoms with E-state index in [0.29, 0.717) is 18.3 Å². The molecule has 0 atom stereocenters. The Kier molecular flexibility index (Phi) is 4.72. The average molecular weight is 353 g/mol. The van der Waals surface area contributed by atoms with Crippen molar-refractivity contribution >= 4 is 17.1 Å². The number of rotatable bonds is 5. The van der Waals surface area contributed by atoms with Gasteiger partial charge in [-0.1, -0.05) is 41.6 Å². The van der Waals surface area contributed by atoms with Crippen LogP contribution in [0.25, 0.3) is 10.7 Å². The first-order chi connectivity index (χ1) is 12.3. The van der Waals surface area contributed by atoms with E-state index in [4.69, 9.17) is 4.52 Å². The number of thiophene rings is 1. The van der Waals surface area contributed by atoms with Crippen LogP contribution in [0.15, 0.2) is 52.4 Å². The summed E-state index contributed by atoms with van der Waals surface area (Å²) < 4.78 is 5.37. The standard InChI is InChI=1S/C19H19N3O2S/c23-18(14-5-2-1-3-6-14)15-8-10-22(11-9-15)13-17-20-19(21-24-17)16-7-4-12-25-16/h1-7,12,15H,8-11,13H2. The van der Waals surface area contributed by atoms with Crippen molar-refractivity contribution in [3.8, 4) is 10.7 Å². The van der Waals surface area contributed by atoms with Crippen LogP contribution in [-0.4, -0.2) is 33.9 Å². The maximum Gasteiger partial charge on any atom is 0.241 e. The third kappa shape index (κ3) is 3.70. The number of hydrogen-bond acceptors (Lipinski definition) is 6. The number of aromatic nitrogens is 2. The van der Waals surface area contributed by atoms with E-state index in [1.165, 1.54) is 0 Å². The lowest BCUT2D eigenvalue weighted by Crippen LogP contribution is -2.36. The Bertz CT molecular complexity index is 821. The molecule has 1 aliphatic rings. The van der Waals surface area contributed by atoms with Gasteiger partial charge < -0.3 is 4.52 Å². The van der Waals surface area contributed by atoms with Crippen LogP contribution in [0, 0.1) is 5.92 Å². The summed E-state index contributed by atoms with van der Waals surface area (Å²) in [7, 11) is 0. The molecule has 5 nitrogen and oxygen atoms in total. The van der Waals surface area contributed by atoms with Crippen molar-refractivity contribution in [2.24, 2.45) is 5.92 Å². The summed E-state index contributed by atoms with van der Waals surface area (Å²) in [6.07, 6.45) is 1.75. The maximum absolute atomic E-state index is 12.5. The van der Waals surface area contributed by atoms with Gasteiger partial charge in [-0.25, -0.2) is 0 Å². The molecular weight excluding hydrogens is 334 g/mol. The molecule has 6 heteroatoms. The van der Waals surface area contributed by atoms with E-state index in [9.17, 15) is 4.79 Å². The number of likely N-dealkylation sites (tertiary alicyclic amines) is 1. The smallest absolute Gasteiger partial charge is 0.241 e. The van der Waals surface area contributed by atoms with Crippen LogP contribution in [0.5, 0.6) is 0 Å². The van der Waals surface area contributed by atoms with Gasteiger partial charge in [-0.05, 0) is 37.4 Å². The average Bonchev–Trinajstić information content (AvgIpc) is 3.34. The zero-order valence-electron chi connectivity index (χ0n) is 13.8. The van der Waals surface area contributed by atoms with E-state index in [1.54, 1.807) is 11.3 Å². The van der Waals surface area contributed by atoms with Gasteiger partial charge in [0.2, 0.25) is 11.7 Å². The Morgan fingerprint density at radius 3 is 2.68 bits per heavy atom. The summed E-state index contributed by atoms with van der Waals surface area (Å²) in [5.41, 5.74) is 0.818. The number of nitrogens with zero attached hydrogens (tertiary/aromatic N) is 3. The van der Waals surface area contributed by atoms with Gasteiger partial charge in [-0.3, -0.25) is 9.69 Å². The molecule has 3 heterocycles. The first kappa shape index (κ1) is 16.2. The fourth-order valence-corrected chi connectivity index (χ4v) is 3.86. The number of carbonyl (C=O) groups excluding carboxylic acids is 1. The van der Waals surface area contributed by atoms with Crippen LogP contribution < -0.4 is 0 Å². The molecular formula is C19H19N3O2S. The monoisotopic (exact) mass is 353 g/mol. The van der Waals surface area contributed by atoms with Crippen molar-refractivity contribution in [1.29, 1.82) is 0 Å². The third-order valence-electron chi connectivity index (χ3n) is 4.59. The number of hydrogen-bond donors (Lipinski definition) is 0. The highest BCUT2D eigenvalue weighted by molar-refractivity contribution is 7.13. The minimum absolute atomic E-state index is 0.114. The second-order valence-electron chi connectivity index (χ2n) is 6.27. The molecule has 4 rings (SSSR count). The van der Waals surface area contributed by atoms with E-state index in [-0.39, 0.29) is 11.7 Å². The van der Waals surface area contributed by atoms with E-state index >= 15 is 0 Å². The van der Waals surface area contributed by atoms with Gasteiger partial charge in [0, 0.05) is 11.5 Å². The summed E-state index contributed by atoms with van der Waals surface area (Å²) in [4.78, 5) is 20.3. The van der Waals surface area contributed by atoms with Crippen LogP contribution in [-0.2, 0) is 6.54 Å². The molecule has 128 valence electrons. The quantitative estimate of drug-likeness (QED) is 0.651. The van der Waals surface area contributed by atoms with E-state index in [1.807, 2.05) is 47.8 Å². The van der Waals surface area contributed by atoms with Gasteiger partial charge >= 0.3 is 0 Å². The van der Waals surface area contributed by atoms with Crippen LogP contribution in [0.1, 0.15) is 29.1 Å². The molecule has 1 fully saturated rings. The van der Waals surface area contributed by atoms with Gasteiger partial charge in [-0.15, -0.1) is 11.3 Å². The van der Waals surface area contributed by atoms with Crippen LogP contribution in [0.2, 0.25) is 0 Å². The molecule has 2 aromatic heterocycles. The molecule has 0 N–H and O–H groups in total. The Hall–Kier alpha value is -2.31. The molecule has 0 saturated carbocycles. The highest BCUT2D eigenvalue weighted by Crippen LogP contribution is 2.24. The van der Waals surface area contributed by atoms with Crippen molar-refractivity contribution < 1.29 is 9.32 Å². The molecule has 0 amide bonds. The predicted molar refractivity (Wildman–Crippen MR) is 96.4 cm³/mol. The van der Waals surface area contributed by atoms with Crippen molar-refractivity contribution in [3.05, 3.63) is 59.3 Å². The normalized spacial score (nSPS) is 16.2. The lowest BCUT2D eigenvalue weighted by molar-refractivity contribution is 0.0825. The highest BCUT2D eigenvalue weighted by atomic mass is 32.1. The third-order valence-corrected chi connectivity index (χ3v) is 5.45. The molecule has 1 saturated heterocycles. The lowest BCUT2D eigenvalue weighted by atomic mass is 9.89. The van der Waals surface area contributed by atoms with Crippen LogP contribution in [0.3, 0.4) is 0 Å². The Balaban J connectivity index is 1.33. The fraction of sp³-hybridized carbons (Fsp3) is 0.316. The number of Topliss-reactive ketones (excluding diaryl/α,β-unsaturated/α-hetero) is 1. The number of ketones is 1. The van der Waals surface area contributed by atoms with Crippen molar-refractivity contribution in [2.45, 2.75) is 19.4 Å². The van der Waals surface area contributed by atoms with E-state index in [0.717, 1.165) is 36.4 Å². The Morgan fingerprint density at radius 2 is 1.96 bits per heavy atom. The van der Waals surface area contributed by atoms with E-state index < -0.39 is 0 Å². The molecule has 3 aromatic rings. The first-order valence-electron chi connectivity index (χ1n) is 8.47. The predicted octanol–water partition coefficient (Wildman–Crippen LogP) is 3.89.